The predicted octanol–water partition coefficient (Wildman–Crippen LogP) is 3.47. The molecule has 6 nitrogen and oxygen atoms in total. The molecule has 1 aromatic heterocycles. The second-order valence-electron chi connectivity index (χ2n) is 6.85. The van der Waals surface area contributed by atoms with Gasteiger partial charge in [0.05, 0.1) is 12.2 Å². The van der Waals surface area contributed by atoms with Gasteiger partial charge in [0.15, 0.2) is 0 Å². The lowest BCUT2D eigenvalue weighted by Crippen LogP contribution is -2.18. The largest absolute Gasteiger partial charge is 0.355 e. The third-order valence-corrected chi connectivity index (χ3v) is 4.59. The van der Waals surface area contributed by atoms with Gasteiger partial charge in [0, 0.05) is 29.6 Å². The lowest BCUT2D eigenvalue weighted by atomic mass is 10.1. The van der Waals surface area contributed by atoms with Gasteiger partial charge in [0.25, 0.3) is 11.8 Å². The molecule has 0 radical (unpaired) electrons. The van der Waals surface area contributed by atoms with Gasteiger partial charge in [-0.05, 0) is 68.3 Å². The minimum Gasteiger partial charge on any atom is -0.355 e. The van der Waals surface area contributed by atoms with Crippen LogP contribution in [0.1, 0.15) is 43.2 Å². The highest BCUT2D eigenvalue weighted by Crippen LogP contribution is 2.18. The summed E-state index contributed by atoms with van der Waals surface area (Å²) in [6.07, 6.45) is 0. The Labute approximate surface area is 164 Å². The van der Waals surface area contributed by atoms with Crippen molar-refractivity contribution in [2.24, 2.45) is 0 Å². The monoisotopic (exact) mass is 376 g/mol. The van der Waals surface area contributed by atoms with Crippen LogP contribution in [0.3, 0.4) is 0 Å². The quantitative estimate of drug-likeness (QED) is 0.716. The first kappa shape index (κ1) is 19.4. The number of carbonyl (C=O) groups is 2. The van der Waals surface area contributed by atoms with E-state index in [9.17, 15) is 9.59 Å². The van der Waals surface area contributed by atoms with Crippen LogP contribution in [-0.2, 0) is 6.54 Å². The maximum Gasteiger partial charge on any atom is 0.255 e. The first-order valence-corrected chi connectivity index (χ1v) is 9.11. The number of aryl methyl sites for hydroxylation is 3. The van der Waals surface area contributed by atoms with E-state index in [0.717, 1.165) is 22.5 Å². The van der Waals surface area contributed by atoms with Crippen LogP contribution in [0.2, 0.25) is 0 Å². The van der Waals surface area contributed by atoms with Gasteiger partial charge in [-0.15, -0.1) is 0 Å². The molecule has 0 bridgehead atoms. The molecule has 144 valence electrons. The summed E-state index contributed by atoms with van der Waals surface area (Å²) in [4.78, 5) is 24.4. The average molecular weight is 376 g/mol. The molecule has 0 saturated heterocycles. The molecule has 0 atom stereocenters. The minimum absolute atomic E-state index is 0.155. The number of carbonyl (C=O) groups excluding carboxylic acids is 2. The van der Waals surface area contributed by atoms with Crippen LogP contribution in [0.25, 0.3) is 0 Å². The molecular weight excluding hydrogens is 352 g/mol. The molecule has 0 saturated carbocycles. The van der Waals surface area contributed by atoms with Crippen molar-refractivity contribution in [3.05, 3.63) is 82.2 Å². The van der Waals surface area contributed by atoms with E-state index in [1.807, 2.05) is 49.7 Å². The SMILES string of the molecule is CNC(=O)c1ccc(NC(=O)c2cccc(Cn3nc(C)cc3C)c2)c(C)c1. The van der Waals surface area contributed by atoms with E-state index < -0.39 is 0 Å². The Balaban J connectivity index is 1.76. The van der Waals surface area contributed by atoms with E-state index in [1.165, 1.54) is 0 Å². The molecule has 3 aromatic rings. The number of hydrogen-bond acceptors (Lipinski definition) is 3. The summed E-state index contributed by atoms with van der Waals surface area (Å²) in [5.74, 6) is -0.344. The van der Waals surface area contributed by atoms with E-state index in [2.05, 4.69) is 15.7 Å². The minimum atomic E-state index is -0.189. The summed E-state index contributed by atoms with van der Waals surface area (Å²) in [6.45, 7) is 6.45. The summed E-state index contributed by atoms with van der Waals surface area (Å²) in [5.41, 5.74) is 5.71. The number of nitrogens with one attached hydrogen (secondary N) is 2. The highest BCUT2D eigenvalue weighted by atomic mass is 16.2. The topological polar surface area (TPSA) is 76.0 Å². The second kappa shape index (κ2) is 8.08. The number of benzene rings is 2. The van der Waals surface area contributed by atoms with Crippen LogP contribution in [0, 0.1) is 20.8 Å². The molecular formula is C22H24N4O2. The van der Waals surface area contributed by atoms with Gasteiger partial charge in [0.1, 0.15) is 0 Å². The number of rotatable bonds is 5. The zero-order chi connectivity index (χ0) is 20.3. The summed E-state index contributed by atoms with van der Waals surface area (Å²) < 4.78 is 1.92. The number of aromatic nitrogens is 2. The normalized spacial score (nSPS) is 10.6. The van der Waals surface area contributed by atoms with Crippen LogP contribution in [0.15, 0.2) is 48.5 Å². The smallest absolute Gasteiger partial charge is 0.255 e. The predicted molar refractivity (Wildman–Crippen MR) is 110 cm³/mol. The van der Waals surface area contributed by atoms with Crippen LogP contribution in [-0.4, -0.2) is 28.6 Å². The number of hydrogen-bond donors (Lipinski definition) is 2. The van der Waals surface area contributed by atoms with E-state index in [0.29, 0.717) is 23.4 Å². The number of anilines is 1. The van der Waals surface area contributed by atoms with Gasteiger partial charge >= 0.3 is 0 Å². The van der Waals surface area contributed by atoms with Crippen LogP contribution >= 0.6 is 0 Å². The molecule has 1 heterocycles. The lowest BCUT2D eigenvalue weighted by molar-refractivity contribution is 0.0962. The zero-order valence-electron chi connectivity index (χ0n) is 16.5. The van der Waals surface area contributed by atoms with Crippen molar-refractivity contribution in [1.82, 2.24) is 15.1 Å². The molecule has 2 N–H and O–H groups in total. The van der Waals surface area contributed by atoms with Gasteiger partial charge < -0.3 is 10.6 Å². The number of nitrogens with zero attached hydrogens (tertiary/aromatic N) is 2. The van der Waals surface area contributed by atoms with Crippen molar-refractivity contribution in [2.75, 3.05) is 12.4 Å². The molecule has 0 aliphatic carbocycles. The lowest BCUT2D eigenvalue weighted by Gasteiger charge is -2.11. The maximum atomic E-state index is 12.7. The maximum absolute atomic E-state index is 12.7. The zero-order valence-corrected chi connectivity index (χ0v) is 16.5. The molecule has 28 heavy (non-hydrogen) atoms. The van der Waals surface area contributed by atoms with E-state index in [4.69, 9.17) is 0 Å². The Morgan fingerprint density at radius 1 is 0.964 bits per heavy atom. The summed E-state index contributed by atoms with van der Waals surface area (Å²) in [7, 11) is 1.59. The van der Waals surface area contributed by atoms with Gasteiger partial charge in [-0.2, -0.15) is 5.10 Å². The Hall–Kier alpha value is -3.41. The fourth-order valence-electron chi connectivity index (χ4n) is 3.10. The molecule has 0 aliphatic rings. The van der Waals surface area contributed by atoms with Crippen LogP contribution in [0.4, 0.5) is 5.69 Å². The highest BCUT2D eigenvalue weighted by molar-refractivity contribution is 6.05. The molecule has 0 aliphatic heterocycles. The Kier molecular flexibility index (Phi) is 5.59. The standard InChI is InChI=1S/C22H24N4O2/c1-14-10-19(21(27)23-4)8-9-20(14)24-22(28)18-7-5-6-17(12-18)13-26-16(3)11-15(2)25-26/h5-12H,13H2,1-4H3,(H,23,27)(H,24,28). The van der Waals surface area contributed by atoms with E-state index >= 15 is 0 Å². The summed E-state index contributed by atoms with van der Waals surface area (Å²) in [6, 6.07) is 14.7. The Bertz CT molecular complexity index is 1040. The molecule has 2 aromatic carbocycles. The summed E-state index contributed by atoms with van der Waals surface area (Å²) in [5, 5.41) is 9.99. The van der Waals surface area contributed by atoms with Gasteiger partial charge in [-0.3, -0.25) is 14.3 Å². The van der Waals surface area contributed by atoms with Gasteiger partial charge in [0.2, 0.25) is 0 Å². The summed E-state index contributed by atoms with van der Waals surface area (Å²) >= 11 is 0. The Morgan fingerprint density at radius 2 is 1.71 bits per heavy atom. The fraction of sp³-hybridized carbons (Fsp3) is 0.227. The third-order valence-electron chi connectivity index (χ3n) is 4.59. The first-order chi connectivity index (χ1) is 13.4. The van der Waals surface area contributed by atoms with Crippen molar-refractivity contribution in [3.63, 3.8) is 0 Å². The van der Waals surface area contributed by atoms with Crippen molar-refractivity contribution in [3.8, 4) is 0 Å². The van der Waals surface area contributed by atoms with E-state index in [-0.39, 0.29) is 11.8 Å². The average Bonchev–Trinajstić information content (AvgIpc) is 2.99. The van der Waals surface area contributed by atoms with Gasteiger partial charge in [-0.1, -0.05) is 12.1 Å². The molecule has 3 rings (SSSR count). The van der Waals surface area contributed by atoms with Crippen LogP contribution < -0.4 is 10.6 Å². The first-order valence-electron chi connectivity index (χ1n) is 9.11. The Morgan fingerprint density at radius 3 is 2.36 bits per heavy atom. The van der Waals surface area contributed by atoms with Crippen molar-refractivity contribution in [1.29, 1.82) is 0 Å². The van der Waals surface area contributed by atoms with Crippen molar-refractivity contribution in [2.45, 2.75) is 27.3 Å². The van der Waals surface area contributed by atoms with Crippen molar-refractivity contribution < 1.29 is 9.59 Å². The highest BCUT2D eigenvalue weighted by Gasteiger charge is 2.11. The van der Waals surface area contributed by atoms with Crippen molar-refractivity contribution >= 4 is 17.5 Å². The molecule has 6 heteroatoms. The van der Waals surface area contributed by atoms with Gasteiger partial charge in [-0.25, -0.2) is 0 Å². The fourth-order valence-corrected chi connectivity index (χ4v) is 3.10. The molecule has 2 amide bonds. The molecule has 0 fully saturated rings. The molecule has 0 unspecified atom stereocenters. The third kappa shape index (κ3) is 4.28. The number of amides is 2. The molecule has 0 spiro atoms. The van der Waals surface area contributed by atoms with E-state index in [1.54, 1.807) is 31.3 Å². The van der Waals surface area contributed by atoms with Crippen LogP contribution in [0.5, 0.6) is 0 Å². The second-order valence-corrected chi connectivity index (χ2v) is 6.85.